The lowest BCUT2D eigenvalue weighted by Crippen LogP contribution is -2.40. The standard InChI is InChI=1S/C15H27NO3/c1-3-13(12-8-6-5-7-9-12)16-14(17)10-11-15(18)19-4-2/h12-13H,3-11H2,1-2H3,(H,16,17). The van der Waals surface area contributed by atoms with Gasteiger partial charge in [0.1, 0.15) is 0 Å². The second-order valence-corrected chi connectivity index (χ2v) is 5.29. The van der Waals surface area contributed by atoms with E-state index in [-0.39, 0.29) is 30.8 Å². The predicted octanol–water partition coefficient (Wildman–Crippen LogP) is 2.80. The van der Waals surface area contributed by atoms with Crippen LogP contribution in [0.3, 0.4) is 0 Å². The molecule has 0 saturated heterocycles. The lowest BCUT2D eigenvalue weighted by Gasteiger charge is -2.30. The molecule has 0 spiro atoms. The Labute approximate surface area is 116 Å². The van der Waals surface area contributed by atoms with E-state index in [4.69, 9.17) is 4.74 Å². The number of ether oxygens (including phenoxy) is 1. The van der Waals surface area contributed by atoms with Crippen molar-refractivity contribution in [3.8, 4) is 0 Å². The van der Waals surface area contributed by atoms with Gasteiger partial charge in [-0.3, -0.25) is 9.59 Å². The highest BCUT2D eigenvalue weighted by atomic mass is 16.5. The predicted molar refractivity (Wildman–Crippen MR) is 74.7 cm³/mol. The van der Waals surface area contributed by atoms with Gasteiger partial charge in [0, 0.05) is 12.5 Å². The van der Waals surface area contributed by atoms with Gasteiger partial charge in [-0.15, -0.1) is 0 Å². The van der Waals surface area contributed by atoms with E-state index in [1.165, 1.54) is 32.1 Å². The maximum absolute atomic E-state index is 11.8. The smallest absolute Gasteiger partial charge is 0.306 e. The SMILES string of the molecule is CCOC(=O)CCC(=O)NC(CC)C1CCCCC1. The normalized spacial score (nSPS) is 17.8. The highest BCUT2D eigenvalue weighted by Crippen LogP contribution is 2.27. The summed E-state index contributed by atoms with van der Waals surface area (Å²) < 4.78 is 4.82. The Morgan fingerprint density at radius 1 is 1.16 bits per heavy atom. The monoisotopic (exact) mass is 269 g/mol. The molecule has 1 N–H and O–H groups in total. The third-order valence-electron chi connectivity index (χ3n) is 3.87. The van der Waals surface area contributed by atoms with Crippen molar-refractivity contribution >= 4 is 11.9 Å². The van der Waals surface area contributed by atoms with E-state index >= 15 is 0 Å². The molecular weight excluding hydrogens is 242 g/mol. The first-order chi connectivity index (χ1) is 9.17. The Balaban J connectivity index is 2.29. The summed E-state index contributed by atoms with van der Waals surface area (Å²) in [5.74, 6) is 0.305. The number of hydrogen-bond acceptors (Lipinski definition) is 3. The zero-order valence-corrected chi connectivity index (χ0v) is 12.2. The van der Waals surface area contributed by atoms with E-state index in [1.807, 2.05) is 0 Å². The van der Waals surface area contributed by atoms with Gasteiger partial charge < -0.3 is 10.1 Å². The summed E-state index contributed by atoms with van der Waals surface area (Å²) in [6.45, 7) is 4.26. The lowest BCUT2D eigenvalue weighted by molar-refractivity contribution is -0.144. The number of hydrogen-bond donors (Lipinski definition) is 1. The van der Waals surface area contributed by atoms with Gasteiger partial charge in [-0.25, -0.2) is 0 Å². The fourth-order valence-corrected chi connectivity index (χ4v) is 2.82. The second-order valence-electron chi connectivity index (χ2n) is 5.29. The minimum atomic E-state index is -0.289. The molecule has 1 atom stereocenters. The molecule has 1 aliphatic rings. The maximum atomic E-state index is 11.8. The van der Waals surface area contributed by atoms with Crippen LogP contribution in [0.1, 0.15) is 65.2 Å². The third kappa shape index (κ3) is 6.08. The van der Waals surface area contributed by atoms with Crippen molar-refractivity contribution in [2.45, 2.75) is 71.3 Å². The van der Waals surface area contributed by atoms with Gasteiger partial charge >= 0.3 is 5.97 Å². The van der Waals surface area contributed by atoms with Crippen LogP contribution in [0.2, 0.25) is 0 Å². The quantitative estimate of drug-likeness (QED) is 0.723. The van der Waals surface area contributed by atoms with Gasteiger partial charge in [0.25, 0.3) is 0 Å². The fraction of sp³-hybridized carbons (Fsp3) is 0.867. The zero-order valence-electron chi connectivity index (χ0n) is 12.2. The first-order valence-electron chi connectivity index (χ1n) is 7.62. The molecule has 1 rings (SSSR count). The van der Waals surface area contributed by atoms with Crippen LogP contribution in [0.5, 0.6) is 0 Å². The molecule has 0 radical (unpaired) electrons. The minimum absolute atomic E-state index is 0.0227. The Bertz CT molecular complexity index is 285. The minimum Gasteiger partial charge on any atom is -0.466 e. The highest BCUT2D eigenvalue weighted by Gasteiger charge is 2.23. The van der Waals surface area contributed by atoms with Crippen LogP contribution in [0, 0.1) is 5.92 Å². The molecule has 19 heavy (non-hydrogen) atoms. The molecule has 4 heteroatoms. The van der Waals surface area contributed by atoms with Gasteiger partial charge in [0.05, 0.1) is 13.0 Å². The van der Waals surface area contributed by atoms with Crippen molar-refractivity contribution in [2.75, 3.05) is 6.61 Å². The summed E-state index contributed by atoms with van der Waals surface area (Å²) in [6.07, 6.45) is 7.70. The molecule has 0 aromatic carbocycles. The average molecular weight is 269 g/mol. The molecule has 1 fully saturated rings. The van der Waals surface area contributed by atoms with E-state index in [0.29, 0.717) is 12.5 Å². The maximum Gasteiger partial charge on any atom is 0.306 e. The summed E-state index contributed by atoms with van der Waals surface area (Å²) in [5.41, 5.74) is 0. The van der Waals surface area contributed by atoms with Crippen molar-refractivity contribution in [3.05, 3.63) is 0 Å². The summed E-state index contributed by atoms with van der Waals surface area (Å²) in [4.78, 5) is 23.0. The fourth-order valence-electron chi connectivity index (χ4n) is 2.82. The molecule has 0 heterocycles. The van der Waals surface area contributed by atoms with Gasteiger partial charge in [0.2, 0.25) is 5.91 Å². The van der Waals surface area contributed by atoms with Crippen LogP contribution in [-0.4, -0.2) is 24.5 Å². The Hall–Kier alpha value is -1.06. The van der Waals surface area contributed by atoms with E-state index < -0.39 is 0 Å². The van der Waals surface area contributed by atoms with Crippen molar-refractivity contribution in [1.82, 2.24) is 5.32 Å². The Kier molecular flexibility index (Phi) is 7.53. The van der Waals surface area contributed by atoms with Crippen LogP contribution in [0.15, 0.2) is 0 Å². The number of carbonyl (C=O) groups is 2. The van der Waals surface area contributed by atoms with Crippen LogP contribution >= 0.6 is 0 Å². The van der Waals surface area contributed by atoms with Gasteiger partial charge in [-0.1, -0.05) is 26.2 Å². The van der Waals surface area contributed by atoms with Crippen molar-refractivity contribution in [1.29, 1.82) is 0 Å². The Morgan fingerprint density at radius 2 is 1.84 bits per heavy atom. The lowest BCUT2D eigenvalue weighted by atomic mass is 9.83. The number of carbonyl (C=O) groups excluding carboxylic acids is 2. The van der Waals surface area contributed by atoms with Gasteiger partial charge in [0.15, 0.2) is 0 Å². The largest absolute Gasteiger partial charge is 0.466 e. The zero-order chi connectivity index (χ0) is 14.1. The van der Waals surface area contributed by atoms with Crippen molar-refractivity contribution in [3.63, 3.8) is 0 Å². The molecular formula is C15H27NO3. The first-order valence-corrected chi connectivity index (χ1v) is 7.62. The molecule has 0 aliphatic heterocycles. The topological polar surface area (TPSA) is 55.4 Å². The van der Waals surface area contributed by atoms with E-state index in [9.17, 15) is 9.59 Å². The third-order valence-corrected chi connectivity index (χ3v) is 3.87. The highest BCUT2D eigenvalue weighted by molar-refractivity contribution is 5.81. The van der Waals surface area contributed by atoms with Gasteiger partial charge in [-0.2, -0.15) is 0 Å². The molecule has 1 amide bonds. The molecule has 0 aromatic heterocycles. The molecule has 4 nitrogen and oxygen atoms in total. The molecule has 110 valence electrons. The van der Waals surface area contributed by atoms with Crippen molar-refractivity contribution in [2.24, 2.45) is 5.92 Å². The van der Waals surface area contributed by atoms with Crippen LogP contribution in [0.4, 0.5) is 0 Å². The molecule has 0 aromatic rings. The Morgan fingerprint density at radius 3 is 2.42 bits per heavy atom. The molecule has 1 saturated carbocycles. The summed E-state index contributed by atoms with van der Waals surface area (Å²) in [5, 5.41) is 3.09. The molecule has 0 bridgehead atoms. The number of nitrogens with one attached hydrogen (secondary N) is 1. The second kappa shape index (κ2) is 8.94. The van der Waals surface area contributed by atoms with Gasteiger partial charge in [-0.05, 0) is 32.1 Å². The summed E-state index contributed by atoms with van der Waals surface area (Å²) in [6, 6.07) is 0.273. The number of rotatable bonds is 7. The number of amides is 1. The van der Waals surface area contributed by atoms with E-state index in [1.54, 1.807) is 6.92 Å². The van der Waals surface area contributed by atoms with Crippen LogP contribution < -0.4 is 5.32 Å². The van der Waals surface area contributed by atoms with Crippen LogP contribution in [0.25, 0.3) is 0 Å². The first kappa shape index (κ1) is 16.0. The van der Waals surface area contributed by atoms with E-state index in [2.05, 4.69) is 12.2 Å². The average Bonchev–Trinajstić information content (AvgIpc) is 2.44. The molecule has 1 unspecified atom stereocenters. The molecule has 1 aliphatic carbocycles. The van der Waals surface area contributed by atoms with E-state index in [0.717, 1.165) is 6.42 Å². The van der Waals surface area contributed by atoms with Crippen molar-refractivity contribution < 1.29 is 14.3 Å². The van der Waals surface area contributed by atoms with Crippen LogP contribution in [-0.2, 0) is 14.3 Å². The summed E-state index contributed by atoms with van der Waals surface area (Å²) in [7, 11) is 0. The summed E-state index contributed by atoms with van der Waals surface area (Å²) >= 11 is 0. The number of esters is 1.